The molecule has 0 bridgehead atoms. The molecule has 0 aromatic carbocycles. The van der Waals surface area contributed by atoms with E-state index in [1.807, 2.05) is 0 Å². The second-order valence-corrected chi connectivity index (χ2v) is 3.92. The third kappa shape index (κ3) is 2.81. The Hall–Kier alpha value is -2.74. The van der Waals surface area contributed by atoms with Crippen LogP contribution < -0.4 is 0 Å². The third-order valence-electron chi connectivity index (χ3n) is 2.73. The molecule has 0 unspecified atom stereocenters. The maximum atomic E-state index is 12.5. The number of hydrogen-bond donors (Lipinski definition) is 0. The van der Waals surface area contributed by atoms with Crippen molar-refractivity contribution in [2.45, 2.75) is 0 Å². The number of Topliss-reactive ketones (excluding diaryl/α,β-unsaturated/α-hetero) is 2. The van der Waals surface area contributed by atoms with Crippen molar-refractivity contribution in [3.05, 3.63) is 97.2 Å². The predicted octanol–water partition coefficient (Wildman–Crippen LogP) is 3.59. The smallest absolute Gasteiger partial charge is 0.194 e. The summed E-state index contributed by atoms with van der Waals surface area (Å²) < 4.78 is 0. The largest absolute Gasteiger partial charge is 0.289 e. The first-order chi connectivity index (χ1) is 9.62. The van der Waals surface area contributed by atoms with Crippen molar-refractivity contribution in [3.63, 3.8) is 0 Å². The van der Waals surface area contributed by atoms with Gasteiger partial charge in [0.25, 0.3) is 0 Å². The number of allylic oxidation sites excluding steroid dienone is 12. The van der Waals surface area contributed by atoms with Gasteiger partial charge in [0.15, 0.2) is 11.6 Å². The van der Waals surface area contributed by atoms with Crippen LogP contribution >= 0.6 is 0 Å². The van der Waals surface area contributed by atoms with Gasteiger partial charge in [0.05, 0.1) is 0 Å². The second-order valence-electron chi connectivity index (χ2n) is 3.92. The van der Waals surface area contributed by atoms with E-state index in [0.717, 1.165) is 0 Å². The molecule has 1 rings (SSSR count). The quantitative estimate of drug-likeness (QED) is 0.561. The maximum absolute atomic E-state index is 12.5. The highest BCUT2D eigenvalue weighted by Gasteiger charge is 2.31. The summed E-state index contributed by atoms with van der Waals surface area (Å²) in [6.45, 7) is 14.3. The van der Waals surface area contributed by atoms with E-state index in [1.54, 1.807) is 12.2 Å². The molecular weight excluding hydrogens is 248 g/mol. The minimum Gasteiger partial charge on any atom is -0.289 e. The van der Waals surface area contributed by atoms with Gasteiger partial charge in [-0.1, -0.05) is 74.9 Å². The van der Waals surface area contributed by atoms with E-state index in [9.17, 15) is 9.59 Å². The summed E-state index contributed by atoms with van der Waals surface area (Å²) in [4.78, 5) is 24.9. The fraction of sp³-hybridized carbons (Fsp3) is 0. The molecule has 0 aromatic heterocycles. The average Bonchev–Trinajstić information content (AvgIpc) is 2.44. The van der Waals surface area contributed by atoms with Gasteiger partial charge in [-0.05, 0) is 0 Å². The lowest BCUT2D eigenvalue weighted by molar-refractivity contribution is -0.116. The predicted molar refractivity (Wildman–Crippen MR) is 83.1 cm³/mol. The summed E-state index contributed by atoms with van der Waals surface area (Å²) in [6, 6.07) is 0. The monoisotopic (exact) mass is 264 g/mol. The lowest BCUT2D eigenvalue weighted by Crippen LogP contribution is -2.23. The Labute approximate surface area is 119 Å². The van der Waals surface area contributed by atoms with Gasteiger partial charge >= 0.3 is 0 Å². The van der Waals surface area contributed by atoms with Crippen LogP contribution in [0.3, 0.4) is 0 Å². The van der Waals surface area contributed by atoms with Crippen LogP contribution in [0.15, 0.2) is 97.2 Å². The Bertz CT molecular complexity index is 620. The van der Waals surface area contributed by atoms with Crippen molar-refractivity contribution in [2.75, 3.05) is 0 Å². The number of carbonyl (C=O) groups is 2. The highest BCUT2D eigenvalue weighted by Crippen LogP contribution is 2.29. The van der Waals surface area contributed by atoms with Gasteiger partial charge in [0, 0.05) is 22.3 Å². The zero-order valence-electron chi connectivity index (χ0n) is 11.3. The van der Waals surface area contributed by atoms with E-state index in [-0.39, 0.29) is 17.1 Å². The number of rotatable bonds is 5. The molecule has 1 aliphatic carbocycles. The van der Waals surface area contributed by atoms with Gasteiger partial charge in [-0.25, -0.2) is 0 Å². The highest BCUT2D eigenvalue weighted by molar-refractivity contribution is 6.31. The normalized spacial score (nSPS) is 19.8. The molecule has 0 amide bonds. The topological polar surface area (TPSA) is 34.1 Å². The molecule has 0 atom stereocenters. The van der Waals surface area contributed by atoms with Crippen LogP contribution in [0.5, 0.6) is 0 Å². The van der Waals surface area contributed by atoms with Crippen LogP contribution in [0.4, 0.5) is 0 Å². The van der Waals surface area contributed by atoms with Gasteiger partial charge in [-0.15, -0.1) is 0 Å². The first-order valence-electron chi connectivity index (χ1n) is 6.03. The summed E-state index contributed by atoms with van der Waals surface area (Å²) in [7, 11) is 0. The summed E-state index contributed by atoms with van der Waals surface area (Å²) in [6.07, 6.45) is 12.1. The number of carbonyl (C=O) groups excluding carboxylic acids is 2. The zero-order valence-corrected chi connectivity index (χ0v) is 11.3. The number of ketones is 2. The molecule has 0 fully saturated rings. The molecule has 0 aliphatic heterocycles. The molecule has 0 saturated carbocycles. The van der Waals surface area contributed by atoms with Crippen LogP contribution in [0.1, 0.15) is 0 Å². The van der Waals surface area contributed by atoms with E-state index in [2.05, 4.69) is 26.3 Å². The molecule has 1 aliphatic rings. The lowest BCUT2D eigenvalue weighted by atomic mass is 9.81. The van der Waals surface area contributed by atoms with Crippen LogP contribution in [0, 0.1) is 0 Å². The highest BCUT2D eigenvalue weighted by atomic mass is 16.1. The van der Waals surface area contributed by atoms with Crippen molar-refractivity contribution < 1.29 is 9.59 Å². The van der Waals surface area contributed by atoms with Crippen LogP contribution in [-0.2, 0) is 9.59 Å². The van der Waals surface area contributed by atoms with Gasteiger partial charge in [-0.3, -0.25) is 9.59 Å². The fourth-order valence-corrected chi connectivity index (χ4v) is 1.88. The second kappa shape index (κ2) is 7.00. The van der Waals surface area contributed by atoms with Gasteiger partial charge in [0.2, 0.25) is 0 Å². The number of hydrogen-bond acceptors (Lipinski definition) is 2. The van der Waals surface area contributed by atoms with Crippen LogP contribution in [-0.4, -0.2) is 11.6 Å². The van der Waals surface area contributed by atoms with Crippen molar-refractivity contribution >= 4 is 11.6 Å². The lowest BCUT2D eigenvalue weighted by Gasteiger charge is -2.19. The fourth-order valence-electron chi connectivity index (χ4n) is 1.88. The Balaban J connectivity index is 3.65. The third-order valence-corrected chi connectivity index (χ3v) is 2.73. The summed E-state index contributed by atoms with van der Waals surface area (Å²) in [5.74, 6) is -0.498. The van der Waals surface area contributed by atoms with Gasteiger partial charge < -0.3 is 0 Å². The van der Waals surface area contributed by atoms with E-state index < -0.39 is 0 Å². The minimum absolute atomic E-state index is 0.245. The molecule has 0 heterocycles. The standard InChI is InChI=1S/C18H16O2/c1-5-9-12-16-13(8-4)17(19)14(10-6-2)15(11-7-3)18(16)20/h5-12H,1-4H2/b12-9-,14-10+,15-11+. The molecule has 2 nitrogen and oxygen atoms in total. The molecular formula is C18H16O2. The Morgan fingerprint density at radius 3 is 1.60 bits per heavy atom. The van der Waals surface area contributed by atoms with Crippen molar-refractivity contribution in [1.29, 1.82) is 0 Å². The van der Waals surface area contributed by atoms with Crippen molar-refractivity contribution in [1.82, 2.24) is 0 Å². The van der Waals surface area contributed by atoms with E-state index in [1.165, 1.54) is 36.5 Å². The first kappa shape index (κ1) is 15.3. The Kier molecular flexibility index (Phi) is 5.36. The summed E-state index contributed by atoms with van der Waals surface area (Å²) in [5.41, 5.74) is 1.19. The van der Waals surface area contributed by atoms with Gasteiger partial charge in [0.1, 0.15) is 0 Å². The van der Waals surface area contributed by atoms with Crippen LogP contribution in [0.2, 0.25) is 0 Å². The molecule has 0 radical (unpaired) electrons. The molecule has 0 saturated heterocycles. The summed E-state index contributed by atoms with van der Waals surface area (Å²) >= 11 is 0. The maximum Gasteiger partial charge on any atom is 0.194 e. The van der Waals surface area contributed by atoms with E-state index in [0.29, 0.717) is 16.7 Å². The van der Waals surface area contributed by atoms with Crippen LogP contribution in [0.25, 0.3) is 0 Å². The molecule has 0 aromatic rings. The molecule has 100 valence electrons. The molecule has 0 N–H and O–H groups in total. The molecule has 20 heavy (non-hydrogen) atoms. The van der Waals surface area contributed by atoms with E-state index >= 15 is 0 Å². The Morgan fingerprint density at radius 2 is 1.20 bits per heavy atom. The van der Waals surface area contributed by atoms with Crippen molar-refractivity contribution in [2.24, 2.45) is 0 Å². The van der Waals surface area contributed by atoms with Crippen molar-refractivity contribution in [3.8, 4) is 0 Å². The van der Waals surface area contributed by atoms with E-state index in [4.69, 9.17) is 0 Å². The summed E-state index contributed by atoms with van der Waals surface area (Å²) in [5, 5.41) is 0. The Morgan fingerprint density at radius 1 is 0.700 bits per heavy atom. The SMILES string of the molecule is C=C/C=C\C1=C(C=C)C(=O)C(=C/C=C)/C(=C\C=C)C1=O. The van der Waals surface area contributed by atoms with Gasteiger partial charge in [-0.2, -0.15) is 0 Å². The zero-order chi connectivity index (χ0) is 15.1. The first-order valence-corrected chi connectivity index (χ1v) is 6.03. The average molecular weight is 264 g/mol. The minimum atomic E-state index is -0.253. The molecule has 0 spiro atoms. The molecule has 2 heteroatoms.